The third-order valence-electron chi connectivity index (χ3n) is 4.81. The van der Waals surface area contributed by atoms with E-state index in [-0.39, 0.29) is 5.91 Å². The van der Waals surface area contributed by atoms with Gasteiger partial charge in [-0.2, -0.15) is 15.4 Å². The third-order valence-corrected chi connectivity index (χ3v) is 4.81. The first kappa shape index (κ1) is 15.6. The summed E-state index contributed by atoms with van der Waals surface area (Å²) in [5.41, 5.74) is 4.57. The van der Waals surface area contributed by atoms with E-state index in [1.807, 2.05) is 30.3 Å². The second kappa shape index (κ2) is 6.89. The Morgan fingerprint density at radius 3 is 2.76 bits per heavy atom. The number of aryl methyl sites for hydroxylation is 1. The Morgan fingerprint density at radius 1 is 1.08 bits per heavy atom. The molecule has 5 heteroatoms. The zero-order valence-corrected chi connectivity index (χ0v) is 13.9. The Hall–Kier alpha value is -2.95. The van der Waals surface area contributed by atoms with Crippen molar-refractivity contribution in [3.05, 3.63) is 71.4 Å². The molecule has 0 fully saturated rings. The van der Waals surface area contributed by atoms with Gasteiger partial charge < -0.3 is 5.32 Å². The molecule has 1 aromatic heterocycles. The highest BCUT2D eigenvalue weighted by atomic mass is 16.2. The largest absolute Gasteiger partial charge is 0.350 e. The molecule has 0 spiro atoms. The summed E-state index contributed by atoms with van der Waals surface area (Å²) in [7, 11) is 0. The summed E-state index contributed by atoms with van der Waals surface area (Å²) < 4.78 is 0. The van der Waals surface area contributed by atoms with E-state index in [1.54, 1.807) is 0 Å². The lowest BCUT2D eigenvalue weighted by molar-refractivity contribution is 0.0946. The lowest BCUT2D eigenvalue weighted by atomic mass is 9.83. The van der Waals surface area contributed by atoms with Gasteiger partial charge in [0.15, 0.2) is 5.69 Å². The van der Waals surface area contributed by atoms with Gasteiger partial charge in [-0.25, -0.2) is 0 Å². The summed E-state index contributed by atoms with van der Waals surface area (Å²) in [5.74, 6) is 0.177. The van der Waals surface area contributed by atoms with Crippen LogP contribution in [-0.2, 0) is 6.42 Å². The minimum absolute atomic E-state index is 0.185. The first-order valence-corrected chi connectivity index (χ1v) is 8.65. The number of H-pyrrole nitrogens is 1. The van der Waals surface area contributed by atoms with E-state index < -0.39 is 0 Å². The van der Waals surface area contributed by atoms with Gasteiger partial charge in [0, 0.05) is 18.0 Å². The number of aromatic amines is 1. The van der Waals surface area contributed by atoms with Gasteiger partial charge >= 0.3 is 0 Å². The molecule has 1 heterocycles. The van der Waals surface area contributed by atoms with Gasteiger partial charge in [-0.3, -0.25) is 4.79 Å². The normalized spacial score (nSPS) is 16.2. The maximum Gasteiger partial charge on any atom is 0.274 e. The van der Waals surface area contributed by atoms with Crippen LogP contribution in [0.25, 0.3) is 11.3 Å². The first-order valence-electron chi connectivity index (χ1n) is 8.65. The molecule has 0 saturated carbocycles. The number of nitrogens with one attached hydrogen (secondary N) is 2. The molecule has 2 N–H and O–H groups in total. The monoisotopic (exact) mass is 332 g/mol. The minimum atomic E-state index is -0.185. The summed E-state index contributed by atoms with van der Waals surface area (Å²) >= 11 is 0. The second-order valence-corrected chi connectivity index (χ2v) is 6.38. The predicted molar refractivity (Wildman–Crippen MR) is 96.3 cm³/mol. The van der Waals surface area contributed by atoms with Crippen LogP contribution in [0.15, 0.2) is 54.6 Å². The number of carbonyl (C=O) groups excluding carboxylic acids is 1. The molecule has 0 radical (unpaired) electrons. The number of benzene rings is 2. The van der Waals surface area contributed by atoms with Crippen LogP contribution in [0.2, 0.25) is 0 Å². The Balaban J connectivity index is 1.49. The van der Waals surface area contributed by atoms with Crippen molar-refractivity contribution in [1.29, 1.82) is 0 Å². The molecule has 1 aliphatic rings. The van der Waals surface area contributed by atoms with Gasteiger partial charge in [-0.1, -0.05) is 54.6 Å². The van der Waals surface area contributed by atoms with E-state index in [2.05, 4.69) is 45.0 Å². The Bertz CT molecular complexity index is 872. The summed E-state index contributed by atoms with van der Waals surface area (Å²) in [6.07, 6.45) is 3.39. The minimum Gasteiger partial charge on any atom is -0.350 e. The number of rotatable bonds is 4. The fourth-order valence-corrected chi connectivity index (χ4v) is 3.55. The van der Waals surface area contributed by atoms with E-state index in [0.717, 1.165) is 24.8 Å². The maximum absolute atomic E-state index is 12.6. The molecule has 0 saturated heterocycles. The number of hydrogen-bond donors (Lipinski definition) is 2. The zero-order valence-electron chi connectivity index (χ0n) is 13.9. The van der Waals surface area contributed by atoms with E-state index in [4.69, 9.17) is 0 Å². The number of carbonyl (C=O) groups is 1. The highest BCUT2D eigenvalue weighted by molar-refractivity contribution is 5.97. The molecule has 0 aliphatic heterocycles. The van der Waals surface area contributed by atoms with Crippen molar-refractivity contribution < 1.29 is 4.79 Å². The van der Waals surface area contributed by atoms with Crippen molar-refractivity contribution in [1.82, 2.24) is 20.7 Å². The summed E-state index contributed by atoms with van der Waals surface area (Å²) in [5, 5.41) is 13.8. The number of hydrogen-bond acceptors (Lipinski definition) is 3. The Kier molecular flexibility index (Phi) is 4.29. The standard InChI is InChI=1S/C20H20N4O/c25-20(19-18(22-24-23-19)15-8-2-1-3-9-15)21-13-16-11-6-10-14-7-4-5-12-17(14)16/h1-5,7-9,12,16H,6,10-11,13H2,(H,21,25)(H,22,23,24)/t16-/m0/s1. The molecule has 0 unspecified atom stereocenters. The SMILES string of the molecule is O=C(NC[C@@H]1CCCc2ccccc21)c1n[nH]nc1-c1ccccc1. The molecule has 2 aromatic carbocycles. The van der Waals surface area contributed by atoms with Crippen LogP contribution in [0, 0.1) is 0 Å². The molecule has 1 amide bonds. The van der Waals surface area contributed by atoms with Crippen LogP contribution in [0.3, 0.4) is 0 Å². The van der Waals surface area contributed by atoms with Crippen LogP contribution in [0.5, 0.6) is 0 Å². The van der Waals surface area contributed by atoms with Crippen LogP contribution >= 0.6 is 0 Å². The number of nitrogens with zero attached hydrogens (tertiary/aromatic N) is 2. The van der Waals surface area contributed by atoms with E-state index in [9.17, 15) is 4.79 Å². The number of amides is 1. The first-order chi connectivity index (χ1) is 12.3. The van der Waals surface area contributed by atoms with Gasteiger partial charge in [0.25, 0.3) is 5.91 Å². The number of aromatic nitrogens is 3. The zero-order chi connectivity index (χ0) is 17.1. The van der Waals surface area contributed by atoms with Crippen LogP contribution in [0.1, 0.15) is 40.4 Å². The molecule has 5 nitrogen and oxygen atoms in total. The highest BCUT2D eigenvalue weighted by Gasteiger charge is 2.22. The quantitative estimate of drug-likeness (QED) is 0.770. The lowest BCUT2D eigenvalue weighted by Crippen LogP contribution is -2.30. The highest BCUT2D eigenvalue weighted by Crippen LogP contribution is 2.31. The van der Waals surface area contributed by atoms with Crippen molar-refractivity contribution in [3.63, 3.8) is 0 Å². The molecule has 3 aromatic rings. The van der Waals surface area contributed by atoms with Crippen molar-refractivity contribution in [3.8, 4) is 11.3 Å². The smallest absolute Gasteiger partial charge is 0.274 e. The molecule has 25 heavy (non-hydrogen) atoms. The third kappa shape index (κ3) is 3.18. The Morgan fingerprint density at radius 2 is 1.88 bits per heavy atom. The second-order valence-electron chi connectivity index (χ2n) is 6.38. The van der Waals surface area contributed by atoms with Crippen molar-refractivity contribution in [2.75, 3.05) is 6.54 Å². The fraction of sp³-hybridized carbons (Fsp3) is 0.250. The van der Waals surface area contributed by atoms with Gasteiger partial charge in [0.2, 0.25) is 0 Å². The molecular weight excluding hydrogens is 312 g/mol. The average Bonchev–Trinajstić information content (AvgIpc) is 3.17. The van der Waals surface area contributed by atoms with E-state index in [0.29, 0.717) is 23.9 Å². The molecule has 126 valence electrons. The van der Waals surface area contributed by atoms with Crippen LogP contribution in [-0.4, -0.2) is 27.9 Å². The fourth-order valence-electron chi connectivity index (χ4n) is 3.55. The molecule has 1 aliphatic carbocycles. The maximum atomic E-state index is 12.6. The molecule has 1 atom stereocenters. The topological polar surface area (TPSA) is 70.7 Å². The van der Waals surface area contributed by atoms with Gasteiger partial charge in [-0.15, -0.1) is 0 Å². The van der Waals surface area contributed by atoms with Crippen LogP contribution in [0.4, 0.5) is 0 Å². The van der Waals surface area contributed by atoms with Gasteiger partial charge in [0.05, 0.1) is 0 Å². The predicted octanol–water partition coefficient (Wildman–Crippen LogP) is 3.32. The van der Waals surface area contributed by atoms with Crippen molar-refractivity contribution in [2.45, 2.75) is 25.2 Å². The average molecular weight is 332 g/mol. The van der Waals surface area contributed by atoms with E-state index >= 15 is 0 Å². The van der Waals surface area contributed by atoms with Crippen molar-refractivity contribution >= 4 is 5.91 Å². The Labute approximate surface area is 146 Å². The molecule has 4 rings (SSSR count). The van der Waals surface area contributed by atoms with Crippen LogP contribution < -0.4 is 5.32 Å². The van der Waals surface area contributed by atoms with E-state index in [1.165, 1.54) is 11.1 Å². The van der Waals surface area contributed by atoms with Gasteiger partial charge in [-0.05, 0) is 30.4 Å². The lowest BCUT2D eigenvalue weighted by Gasteiger charge is -2.25. The summed E-state index contributed by atoms with van der Waals surface area (Å²) in [6.45, 7) is 0.622. The molecular formula is C20H20N4O. The molecule has 0 bridgehead atoms. The number of fused-ring (bicyclic) bond motifs is 1. The summed E-state index contributed by atoms with van der Waals surface area (Å²) in [6, 6.07) is 18.1. The van der Waals surface area contributed by atoms with Gasteiger partial charge in [0.1, 0.15) is 5.69 Å². The van der Waals surface area contributed by atoms with Crippen molar-refractivity contribution in [2.24, 2.45) is 0 Å². The summed E-state index contributed by atoms with van der Waals surface area (Å²) in [4.78, 5) is 12.6.